The summed E-state index contributed by atoms with van der Waals surface area (Å²) in [4.78, 5) is 8.36. The number of hydrogen-bond acceptors (Lipinski definition) is 2. The van der Waals surface area contributed by atoms with Crippen LogP contribution < -0.4 is 0 Å². The fourth-order valence-electron chi connectivity index (χ4n) is 0. The molecule has 1 N–H and O–H groups in total. The molecule has 7 heavy (non-hydrogen) atoms. The monoisotopic (exact) mass is 189 g/mol. The van der Waals surface area contributed by atoms with E-state index >= 15 is 0 Å². The van der Waals surface area contributed by atoms with E-state index in [0.717, 1.165) is 0 Å². The minimum atomic E-state index is -1.50. The van der Waals surface area contributed by atoms with Gasteiger partial charge >= 0.3 is 113 Å². The molecule has 0 aromatic heterocycles. The summed E-state index contributed by atoms with van der Waals surface area (Å²) in [7, 11) is 0. The zero-order valence-electron chi connectivity index (χ0n) is 1.71. The van der Waals surface area contributed by atoms with E-state index in [4.69, 9.17) is 15.3 Å². The van der Waals surface area contributed by atoms with Gasteiger partial charge in [-0.1, -0.05) is 0 Å². The molecule has 7 heteroatoms. The van der Waals surface area contributed by atoms with Gasteiger partial charge in [-0.15, -0.1) is 10.1 Å². The zero-order valence-corrected chi connectivity index (χ0v) is 1.71. The van der Waals surface area contributed by atoms with E-state index in [1.807, 2.05) is 0 Å². The summed E-state index contributed by atoms with van der Waals surface area (Å²) >= 11 is 0. The molecule has 0 unspecified atom stereocenters. The quantitative estimate of drug-likeness (QED) is 0.249. The second-order valence-electron chi connectivity index (χ2n) is 0.238. The van der Waals surface area contributed by atoms with Crippen LogP contribution in [0.25, 0.3) is 0 Å². The van der Waals surface area contributed by atoms with Crippen LogP contribution in [0.1, 0.15) is 0 Å². The topological polar surface area (TPSA) is 63.4 Å². The van der Waals surface area contributed by atoms with Gasteiger partial charge in [-0.3, -0.25) is 0 Å². The molecule has 0 heterocycles. The van der Waals surface area contributed by atoms with Crippen molar-refractivity contribution < 1.29 is 10.3 Å². The van der Waals surface area contributed by atoms with Crippen molar-refractivity contribution in [3.05, 3.63) is 10.1 Å². The molecule has 0 amide bonds. The first-order valence-corrected chi connectivity index (χ1v) is 0.565. The average molecular weight is 189 g/mol. The van der Waals surface area contributed by atoms with E-state index in [9.17, 15) is 0 Å². The van der Waals surface area contributed by atoms with Crippen molar-refractivity contribution in [3.8, 4) is 0 Å². The first-order valence-electron chi connectivity index (χ1n) is 0.565. The molecular weight excluding hydrogens is 182 g/mol. The van der Waals surface area contributed by atoms with Crippen LogP contribution in [0.3, 0.4) is 0 Å². The molecule has 0 saturated carbocycles. The summed E-state index contributed by atoms with van der Waals surface area (Å²) < 4.78 is 0. The summed E-state index contributed by atoms with van der Waals surface area (Å²) in [5, 5.41) is 13.6. The second-order valence-corrected chi connectivity index (χ2v) is 0.238. The van der Waals surface area contributed by atoms with E-state index in [2.05, 4.69) is 0 Å². The fourth-order valence-corrected chi connectivity index (χ4v) is 0. The molecule has 0 saturated heterocycles. The predicted octanol–water partition coefficient (Wildman–Crippen LogP) is -3.10. The van der Waals surface area contributed by atoms with Crippen LogP contribution in [0, 0.1) is 10.1 Å². The van der Waals surface area contributed by atoms with Crippen molar-refractivity contribution >= 4 is 113 Å². The van der Waals surface area contributed by atoms with Gasteiger partial charge in [0, 0.05) is 0 Å². The maximum absolute atomic E-state index is 8.36. The van der Waals surface area contributed by atoms with Crippen LogP contribution in [0.5, 0.6) is 0 Å². The Labute approximate surface area is 130 Å². The molecule has 4 nitrogen and oxygen atoms in total. The molecule has 0 rings (SSSR count). The third-order valence-electron chi connectivity index (χ3n) is 0. The Morgan fingerprint density at radius 1 is 1.29 bits per heavy atom. The second kappa shape index (κ2) is 16.0. The van der Waals surface area contributed by atoms with Gasteiger partial charge in [0.05, 0.1) is 0 Å². The summed E-state index contributed by atoms with van der Waals surface area (Å²) in [6.07, 6.45) is 0. The maximum atomic E-state index is 8.36. The van der Waals surface area contributed by atoms with Crippen molar-refractivity contribution in [3.63, 3.8) is 0 Å². The van der Waals surface area contributed by atoms with Gasteiger partial charge in [0.1, 0.15) is 0 Å². The van der Waals surface area contributed by atoms with Crippen LogP contribution in [0.15, 0.2) is 0 Å². The predicted molar refractivity (Wildman–Crippen MR) is 34.4 cm³/mol. The van der Waals surface area contributed by atoms with E-state index < -0.39 is 5.09 Å². The van der Waals surface area contributed by atoms with Gasteiger partial charge in [-0.05, 0) is 0 Å². The molecule has 0 aromatic carbocycles. The van der Waals surface area contributed by atoms with Gasteiger partial charge in [0.15, 0.2) is 0 Å². The number of nitrogens with zero attached hydrogens (tertiary/aromatic N) is 1. The van der Waals surface area contributed by atoms with Crippen LogP contribution in [0.2, 0.25) is 0 Å². The first-order chi connectivity index (χ1) is 1.73. The van der Waals surface area contributed by atoms with E-state index in [0.29, 0.717) is 0 Å². The fraction of sp³-hybridized carbons (Fsp3) is 0. The average Bonchev–Trinajstić information content (AvgIpc) is 0.811. The summed E-state index contributed by atoms with van der Waals surface area (Å²) in [6, 6.07) is 0. The Hall–Kier alpha value is 2.98. The van der Waals surface area contributed by atoms with Crippen LogP contribution >= 0.6 is 0 Å². The Bertz CT molecular complexity index is 33.2. The third kappa shape index (κ3) is 49.3. The van der Waals surface area contributed by atoms with Crippen molar-refractivity contribution in [1.82, 2.24) is 0 Å². The molecule has 0 atom stereocenters. The van der Waals surface area contributed by atoms with Gasteiger partial charge < -0.3 is 5.21 Å². The molecule has 0 aliphatic rings. The molecule has 0 bridgehead atoms. The normalized spacial score (nSPS) is 3.43. The van der Waals surface area contributed by atoms with Crippen molar-refractivity contribution in [2.45, 2.75) is 0 Å². The first kappa shape index (κ1) is 22.5. The third-order valence-corrected chi connectivity index (χ3v) is 0. The zero-order chi connectivity index (χ0) is 3.58. The van der Waals surface area contributed by atoms with E-state index in [1.54, 1.807) is 0 Å². The van der Waals surface area contributed by atoms with Gasteiger partial charge in [-0.25, -0.2) is 0 Å². The Kier molecular flexibility index (Phi) is 51.4. The number of hydrogen-bond donors (Lipinski definition) is 1. The van der Waals surface area contributed by atoms with Crippen molar-refractivity contribution in [1.29, 1.82) is 0 Å². The van der Waals surface area contributed by atoms with Gasteiger partial charge in [-0.2, -0.15) is 0 Å². The van der Waals surface area contributed by atoms with Crippen molar-refractivity contribution in [2.75, 3.05) is 0 Å². The number of rotatable bonds is 0. The van der Waals surface area contributed by atoms with Crippen LogP contribution in [-0.2, 0) is 0 Å². The van der Waals surface area contributed by atoms with Crippen molar-refractivity contribution in [2.24, 2.45) is 0 Å². The molecular formula is H7Ca3NO3. The van der Waals surface area contributed by atoms with E-state index in [-0.39, 0.29) is 113 Å². The van der Waals surface area contributed by atoms with Crippen LogP contribution in [0.4, 0.5) is 0 Å². The molecule has 0 aliphatic heterocycles. The molecule has 0 aliphatic carbocycles. The van der Waals surface area contributed by atoms with Crippen LogP contribution in [-0.4, -0.2) is 124 Å². The van der Waals surface area contributed by atoms with Gasteiger partial charge in [0.25, 0.3) is 5.09 Å². The molecule has 0 radical (unpaired) electrons. The standard InChI is InChI=1S/3Ca.HNO3.6H/c;;;2-1(3)4;;;;;;/h;;;(H,2,3,4);;;;;;. The molecule has 0 aromatic rings. The minimum absolute atomic E-state index is 0. The Balaban J connectivity index is -0.0000000150. The summed E-state index contributed by atoms with van der Waals surface area (Å²) in [5.41, 5.74) is 0. The van der Waals surface area contributed by atoms with Gasteiger partial charge in [0.2, 0.25) is 0 Å². The summed E-state index contributed by atoms with van der Waals surface area (Å²) in [5.74, 6) is 0. The molecule has 0 spiro atoms. The Morgan fingerprint density at radius 2 is 1.29 bits per heavy atom. The Morgan fingerprint density at radius 3 is 1.29 bits per heavy atom. The SMILES string of the molecule is O=[N+]([O-])O.[CaH2].[CaH2].[CaH2]. The molecule has 0 fully saturated rings. The molecule has 36 valence electrons. The summed E-state index contributed by atoms with van der Waals surface area (Å²) in [6.45, 7) is 0. The van der Waals surface area contributed by atoms with E-state index in [1.165, 1.54) is 0 Å².